The second-order valence-electron chi connectivity index (χ2n) is 4.27. The highest BCUT2D eigenvalue weighted by Gasteiger charge is 2.29. The Morgan fingerprint density at radius 3 is 2.25 bits per heavy atom. The van der Waals surface area contributed by atoms with Crippen LogP contribution in [0.4, 0.5) is 0 Å². The first-order chi connectivity index (χ1) is 5.84. The zero-order valence-corrected chi connectivity index (χ0v) is 7.56. The van der Waals surface area contributed by atoms with Crippen molar-refractivity contribution in [1.82, 2.24) is 0 Å². The second kappa shape index (κ2) is 2.12. The summed E-state index contributed by atoms with van der Waals surface area (Å²) < 4.78 is 0. The van der Waals surface area contributed by atoms with Crippen molar-refractivity contribution in [3.05, 3.63) is 34.4 Å². The average Bonchev–Trinajstić information content (AvgIpc) is 2.59. The molecule has 0 aromatic heterocycles. The van der Waals surface area contributed by atoms with Crippen molar-refractivity contribution >= 4 is 0 Å². The minimum Gasteiger partial charge on any atom is -0.0558 e. The fraction of sp³-hybridized carbons (Fsp3) is 0.500. The summed E-state index contributed by atoms with van der Waals surface area (Å²) in [5, 5.41) is 0. The molecule has 62 valence electrons. The molecule has 1 aromatic rings. The third-order valence-electron chi connectivity index (χ3n) is 3.43. The van der Waals surface area contributed by atoms with E-state index in [-0.39, 0.29) is 0 Å². The molecule has 0 radical (unpaired) electrons. The first-order valence-electron chi connectivity index (χ1n) is 4.97. The van der Waals surface area contributed by atoms with E-state index in [2.05, 4.69) is 19.1 Å². The summed E-state index contributed by atoms with van der Waals surface area (Å²) in [5.74, 6) is 0.940. The molecule has 0 aliphatic heterocycles. The Morgan fingerprint density at radius 2 is 1.67 bits per heavy atom. The molecule has 0 bridgehead atoms. The largest absolute Gasteiger partial charge is 0.0558 e. The number of benzene rings is 1. The van der Waals surface area contributed by atoms with Crippen LogP contribution in [0.3, 0.4) is 0 Å². The van der Waals surface area contributed by atoms with Gasteiger partial charge in [0.25, 0.3) is 0 Å². The molecule has 0 saturated heterocycles. The molecule has 0 atom stereocenters. The maximum atomic E-state index is 2.39. The molecule has 0 N–H and O–H groups in total. The number of rotatable bonds is 0. The minimum atomic E-state index is 0.940. The molecule has 0 spiro atoms. The van der Waals surface area contributed by atoms with Crippen LogP contribution in [0.5, 0.6) is 0 Å². The fourth-order valence-electron chi connectivity index (χ4n) is 2.98. The maximum absolute atomic E-state index is 2.39. The molecular formula is C12H14. The first kappa shape index (κ1) is 6.71. The highest BCUT2D eigenvalue weighted by Crippen LogP contribution is 2.44. The van der Waals surface area contributed by atoms with Gasteiger partial charge in [0.05, 0.1) is 0 Å². The molecule has 3 rings (SSSR count). The lowest BCUT2D eigenvalue weighted by Gasteiger charge is -2.04. The van der Waals surface area contributed by atoms with Crippen molar-refractivity contribution in [2.24, 2.45) is 0 Å². The Bertz CT molecular complexity index is 307. The summed E-state index contributed by atoms with van der Waals surface area (Å²) in [7, 11) is 0. The summed E-state index contributed by atoms with van der Waals surface area (Å²) in [5.41, 5.74) is 6.52. The Balaban J connectivity index is 2.29. The molecule has 0 heteroatoms. The zero-order valence-electron chi connectivity index (χ0n) is 7.56. The van der Waals surface area contributed by atoms with Gasteiger partial charge in [-0.2, -0.15) is 0 Å². The van der Waals surface area contributed by atoms with Crippen LogP contribution in [0.2, 0.25) is 0 Å². The van der Waals surface area contributed by atoms with E-state index < -0.39 is 0 Å². The summed E-state index contributed by atoms with van der Waals surface area (Å²) >= 11 is 0. The maximum Gasteiger partial charge on any atom is -0.0150 e. The van der Waals surface area contributed by atoms with Crippen LogP contribution in [0.25, 0.3) is 0 Å². The van der Waals surface area contributed by atoms with Crippen molar-refractivity contribution in [1.29, 1.82) is 0 Å². The minimum absolute atomic E-state index is 0.940. The molecule has 0 unspecified atom stereocenters. The van der Waals surface area contributed by atoms with Crippen molar-refractivity contribution in [3.8, 4) is 0 Å². The van der Waals surface area contributed by atoms with Gasteiger partial charge in [0, 0.05) is 0 Å². The van der Waals surface area contributed by atoms with Gasteiger partial charge in [-0.05, 0) is 55.2 Å². The van der Waals surface area contributed by atoms with E-state index in [0.717, 1.165) is 5.92 Å². The molecule has 0 fully saturated rings. The molecule has 2 aliphatic carbocycles. The van der Waals surface area contributed by atoms with E-state index >= 15 is 0 Å². The Labute approximate surface area is 73.6 Å². The van der Waals surface area contributed by atoms with Gasteiger partial charge in [-0.1, -0.05) is 17.7 Å². The summed E-state index contributed by atoms with van der Waals surface area (Å²) in [6.45, 7) is 2.22. The monoisotopic (exact) mass is 158 g/mol. The van der Waals surface area contributed by atoms with Crippen molar-refractivity contribution in [3.63, 3.8) is 0 Å². The normalized spacial score (nSPS) is 20.1. The SMILES string of the molecule is Cc1cc2c3c(c1)CCC3CC2. The standard InChI is InChI=1S/C12H14/c1-8-6-10-4-2-9-3-5-11(7-8)12(9)10/h6-7,9H,2-5H2,1H3. The van der Waals surface area contributed by atoms with Crippen LogP contribution in [0, 0.1) is 6.92 Å². The molecule has 0 amide bonds. The topological polar surface area (TPSA) is 0 Å². The lowest BCUT2D eigenvalue weighted by Crippen LogP contribution is -1.87. The lowest BCUT2D eigenvalue weighted by atomic mass is 10.0. The molecule has 1 aromatic carbocycles. The van der Waals surface area contributed by atoms with Crippen LogP contribution in [-0.4, -0.2) is 0 Å². The van der Waals surface area contributed by atoms with E-state index in [1.165, 1.54) is 31.2 Å². The number of aryl methyl sites for hydroxylation is 3. The summed E-state index contributed by atoms with van der Waals surface area (Å²) in [6.07, 6.45) is 5.53. The smallest absolute Gasteiger partial charge is 0.0150 e. The van der Waals surface area contributed by atoms with E-state index in [0.29, 0.717) is 0 Å². The third kappa shape index (κ3) is 0.730. The van der Waals surface area contributed by atoms with Crippen LogP contribution in [-0.2, 0) is 12.8 Å². The number of hydrogen-bond donors (Lipinski definition) is 0. The first-order valence-corrected chi connectivity index (χ1v) is 4.97. The van der Waals surface area contributed by atoms with Crippen molar-refractivity contribution < 1.29 is 0 Å². The molecule has 2 aliphatic rings. The van der Waals surface area contributed by atoms with Crippen LogP contribution in [0.1, 0.15) is 41.0 Å². The summed E-state index contributed by atoms with van der Waals surface area (Å²) in [6, 6.07) is 4.79. The van der Waals surface area contributed by atoms with E-state index in [9.17, 15) is 0 Å². The quantitative estimate of drug-likeness (QED) is 0.544. The van der Waals surface area contributed by atoms with Crippen molar-refractivity contribution in [2.75, 3.05) is 0 Å². The van der Waals surface area contributed by atoms with Gasteiger partial charge in [-0.15, -0.1) is 0 Å². The highest BCUT2D eigenvalue weighted by atomic mass is 14.3. The summed E-state index contributed by atoms with van der Waals surface area (Å²) in [4.78, 5) is 0. The van der Waals surface area contributed by atoms with E-state index in [1.807, 2.05) is 0 Å². The molecule has 12 heavy (non-hydrogen) atoms. The second-order valence-corrected chi connectivity index (χ2v) is 4.27. The van der Waals surface area contributed by atoms with Crippen molar-refractivity contribution in [2.45, 2.75) is 38.5 Å². The average molecular weight is 158 g/mol. The van der Waals surface area contributed by atoms with Crippen LogP contribution >= 0.6 is 0 Å². The van der Waals surface area contributed by atoms with Gasteiger partial charge < -0.3 is 0 Å². The molecule has 0 saturated carbocycles. The van der Waals surface area contributed by atoms with Crippen LogP contribution < -0.4 is 0 Å². The predicted molar refractivity (Wildman–Crippen MR) is 50.6 cm³/mol. The Kier molecular flexibility index (Phi) is 1.19. The fourth-order valence-corrected chi connectivity index (χ4v) is 2.98. The third-order valence-corrected chi connectivity index (χ3v) is 3.43. The van der Waals surface area contributed by atoms with Gasteiger partial charge >= 0.3 is 0 Å². The van der Waals surface area contributed by atoms with Crippen LogP contribution in [0.15, 0.2) is 12.1 Å². The molecule has 0 heterocycles. The van der Waals surface area contributed by atoms with Gasteiger partial charge in [-0.3, -0.25) is 0 Å². The zero-order chi connectivity index (χ0) is 8.13. The highest BCUT2D eigenvalue weighted by molar-refractivity contribution is 5.47. The molecular weight excluding hydrogens is 144 g/mol. The van der Waals surface area contributed by atoms with E-state index in [4.69, 9.17) is 0 Å². The van der Waals surface area contributed by atoms with Gasteiger partial charge in [0.2, 0.25) is 0 Å². The van der Waals surface area contributed by atoms with Gasteiger partial charge in [0.1, 0.15) is 0 Å². The molecule has 0 nitrogen and oxygen atoms in total. The predicted octanol–water partition coefficient (Wildman–Crippen LogP) is 2.97. The Hall–Kier alpha value is -0.780. The number of hydrogen-bond acceptors (Lipinski definition) is 0. The lowest BCUT2D eigenvalue weighted by molar-refractivity contribution is 0.661. The van der Waals surface area contributed by atoms with Gasteiger partial charge in [0.15, 0.2) is 0 Å². The van der Waals surface area contributed by atoms with E-state index in [1.54, 1.807) is 16.7 Å². The Morgan fingerprint density at radius 1 is 1.08 bits per heavy atom. The van der Waals surface area contributed by atoms with Gasteiger partial charge in [-0.25, -0.2) is 0 Å².